The summed E-state index contributed by atoms with van der Waals surface area (Å²) in [6.07, 6.45) is 5.05. The molecule has 2 atom stereocenters. The SMILES string of the molecule is [2H]C1(C2CCCC2)C2=C(C)N(c3ccccc3C)C(C)N2c2ccccc21. The minimum Gasteiger partial charge on any atom is -0.322 e. The van der Waals surface area contributed by atoms with Crippen LogP contribution < -0.4 is 9.80 Å². The van der Waals surface area contributed by atoms with E-state index >= 15 is 0 Å². The van der Waals surface area contributed by atoms with Crippen LogP contribution in [0.4, 0.5) is 11.4 Å². The van der Waals surface area contributed by atoms with Gasteiger partial charge in [-0.25, -0.2) is 0 Å². The summed E-state index contributed by atoms with van der Waals surface area (Å²) >= 11 is 0. The molecular formula is C24H28N2. The van der Waals surface area contributed by atoms with Gasteiger partial charge in [-0.15, -0.1) is 0 Å². The third kappa shape index (κ3) is 2.11. The maximum Gasteiger partial charge on any atom is 0.108 e. The van der Waals surface area contributed by atoms with Crippen LogP contribution in [0, 0.1) is 12.8 Å². The first-order valence-corrected chi connectivity index (χ1v) is 10.00. The predicted octanol–water partition coefficient (Wildman–Crippen LogP) is 6.19. The third-order valence-corrected chi connectivity index (χ3v) is 6.54. The average molecular weight is 346 g/mol. The standard InChI is InChI=1S/C24H28N2/c1-16-10-4-8-14-21(16)25-17(2)24-23(19-11-5-6-12-19)20-13-7-9-15-22(20)26(24)18(25)3/h4,7-10,13-15,18-19,23H,5-6,11-12H2,1-3H3/i23D. The van der Waals surface area contributed by atoms with Gasteiger partial charge in [-0.3, -0.25) is 0 Å². The highest BCUT2D eigenvalue weighted by atomic mass is 15.4. The molecule has 2 aromatic carbocycles. The highest BCUT2D eigenvalue weighted by Crippen LogP contribution is 2.56. The number of fused-ring (bicyclic) bond motifs is 3. The number of nitrogens with zero attached hydrogens (tertiary/aromatic N) is 2. The van der Waals surface area contributed by atoms with Crippen LogP contribution in [-0.2, 0) is 0 Å². The van der Waals surface area contributed by atoms with E-state index in [2.05, 4.69) is 79.1 Å². The van der Waals surface area contributed by atoms with Crippen LogP contribution in [0.3, 0.4) is 0 Å². The Hall–Kier alpha value is -2.22. The summed E-state index contributed by atoms with van der Waals surface area (Å²) in [5, 5.41) is 0. The average Bonchev–Trinajstić information content (AvgIpc) is 3.35. The lowest BCUT2D eigenvalue weighted by molar-refractivity contribution is 0.482. The molecule has 0 bridgehead atoms. The van der Waals surface area contributed by atoms with Crippen molar-refractivity contribution in [3.8, 4) is 0 Å². The Bertz CT molecular complexity index is 927. The topological polar surface area (TPSA) is 6.48 Å². The van der Waals surface area contributed by atoms with Crippen molar-refractivity contribution >= 4 is 11.4 Å². The van der Waals surface area contributed by atoms with Gasteiger partial charge in [0.05, 0.1) is 0 Å². The smallest absolute Gasteiger partial charge is 0.108 e. The lowest BCUT2D eigenvalue weighted by Crippen LogP contribution is -2.37. The van der Waals surface area contributed by atoms with Crippen LogP contribution in [0.15, 0.2) is 59.9 Å². The fourth-order valence-electron chi connectivity index (χ4n) is 5.40. The van der Waals surface area contributed by atoms with Gasteiger partial charge in [-0.05, 0) is 62.8 Å². The number of allylic oxidation sites excluding steroid dienone is 2. The van der Waals surface area contributed by atoms with Crippen molar-refractivity contribution in [1.29, 1.82) is 0 Å². The van der Waals surface area contributed by atoms with Gasteiger partial charge in [-0.2, -0.15) is 0 Å². The molecule has 0 N–H and O–H groups in total. The van der Waals surface area contributed by atoms with E-state index in [1.54, 1.807) is 0 Å². The van der Waals surface area contributed by atoms with Gasteiger partial charge in [0.25, 0.3) is 0 Å². The maximum atomic E-state index is 9.79. The van der Waals surface area contributed by atoms with E-state index in [9.17, 15) is 1.37 Å². The first-order valence-electron chi connectivity index (χ1n) is 10.5. The molecule has 2 unspecified atom stereocenters. The van der Waals surface area contributed by atoms with Gasteiger partial charge >= 0.3 is 0 Å². The number of hydrogen-bond acceptors (Lipinski definition) is 2. The summed E-state index contributed by atoms with van der Waals surface area (Å²) in [6.45, 7) is 6.69. The molecule has 2 heterocycles. The number of para-hydroxylation sites is 2. The van der Waals surface area contributed by atoms with E-state index in [1.165, 1.54) is 59.6 Å². The molecule has 3 aliphatic rings. The second-order valence-electron chi connectivity index (χ2n) is 8.00. The summed E-state index contributed by atoms with van der Waals surface area (Å²) in [6, 6.07) is 17.3. The lowest BCUT2D eigenvalue weighted by Gasteiger charge is -2.32. The fourth-order valence-corrected chi connectivity index (χ4v) is 5.40. The summed E-state index contributed by atoms with van der Waals surface area (Å²) in [7, 11) is 0. The highest BCUT2D eigenvalue weighted by Gasteiger charge is 2.47. The van der Waals surface area contributed by atoms with Crippen molar-refractivity contribution in [3.05, 3.63) is 71.1 Å². The maximum absolute atomic E-state index is 9.79. The molecule has 0 radical (unpaired) electrons. The number of benzene rings is 2. The molecule has 1 fully saturated rings. The summed E-state index contributed by atoms with van der Waals surface area (Å²) < 4.78 is 9.79. The zero-order chi connectivity index (χ0) is 18.8. The van der Waals surface area contributed by atoms with E-state index in [0.29, 0.717) is 5.92 Å². The quantitative estimate of drug-likeness (QED) is 0.640. The Morgan fingerprint density at radius 2 is 1.54 bits per heavy atom. The van der Waals surface area contributed by atoms with E-state index in [0.717, 1.165) is 0 Å². The third-order valence-electron chi connectivity index (χ3n) is 6.54. The zero-order valence-electron chi connectivity index (χ0n) is 17.0. The minimum absolute atomic E-state index is 0.191. The molecule has 2 aliphatic heterocycles. The second-order valence-corrected chi connectivity index (χ2v) is 8.00. The largest absolute Gasteiger partial charge is 0.322 e. The van der Waals surface area contributed by atoms with Crippen LogP contribution in [-0.4, -0.2) is 6.17 Å². The first kappa shape index (κ1) is 14.9. The molecule has 1 aliphatic carbocycles. The Labute approximate surface area is 158 Å². The van der Waals surface area contributed by atoms with Crippen molar-refractivity contribution in [1.82, 2.24) is 0 Å². The lowest BCUT2D eigenvalue weighted by atomic mass is 9.84. The van der Waals surface area contributed by atoms with Gasteiger partial charge in [0.15, 0.2) is 0 Å². The minimum atomic E-state index is -0.622. The summed E-state index contributed by atoms with van der Waals surface area (Å²) in [5.41, 5.74) is 7.45. The van der Waals surface area contributed by atoms with Crippen LogP contribution in [0.25, 0.3) is 0 Å². The molecule has 1 saturated carbocycles. The molecule has 2 heteroatoms. The van der Waals surface area contributed by atoms with Gasteiger partial charge in [0.1, 0.15) is 6.17 Å². The van der Waals surface area contributed by atoms with Gasteiger partial charge in [0, 0.05) is 30.0 Å². The van der Waals surface area contributed by atoms with E-state index in [1.807, 2.05) is 0 Å². The second kappa shape index (κ2) is 5.90. The normalized spacial score (nSPS) is 28.6. The number of rotatable bonds is 2. The van der Waals surface area contributed by atoms with Crippen molar-refractivity contribution in [2.24, 2.45) is 5.92 Å². The summed E-state index contributed by atoms with van der Waals surface area (Å²) in [4.78, 5) is 4.89. The van der Waals surface area contributed by atoms with E-state index < -0.39 is 5.89 Å². The predicted molar refractivity (Wildman–Crippen MR) is 109 cm³/mol. The molecule has 0 spiro atoms. The number of aryl methyl sites for hydroxylation is 1. The van der Waals surface area contributed by atoms with Gasteiger partial charge in [-0.1, -0.05) is 49.2 Å². The van der Waals surface area contributed by atoms with Crippen molar-refractivity contribution in [3.63, 3.8) is 0 Å². The summed E-state index contributed by atoms with van der Waals surface area (Å²) in [5.74, 6) is -0.208. The molecule has 2 nitrogen and oxygen atoms in total. The van der Waals surface area contributed by atoms with Gasteiger partial charge < -0.3 is 9.80 Å². The molecule has 5 rings (SSSR count). The fraction of sp³-hybridized carbons (Fsp3) is 0.417. The molecule has 0 aromatic heterocycles. The Morgan fingerprint density at radius 3 is 2.27 bits per heavy atom. The number of hydrogen-bond donors (Lipinski definition) is 0. The highest BCUT2D eigenvalue weighted by molar-refractivity contribution is 5.76. The molecular weight excluding hydrogens is 316 g/mol. The Morgan fingerprint density at radius 1 is 0.885 bits per heavy atom. The van der Waals surface area contributed by atoms with E-state index in [4.69, 9.17) is 0 Å². The van der Waals surface area contributed by atoms with Crippen molar-refractivity contribution in [2.45, 2.75) is 58.5 Å². The van der Waals surface area contributed by atoms with Crippen LogP contribution in [0.1, 0.15) is 57.9 Å². The van der Waals surface area contributed by atoms with Crippen molar-refractivity contribution < 1.29 is 1.37 Å². The molecule has 134 valence electrons. The zero-order valence-corrected chi connectivity index (χ0v) is 16.0. The van der Waals surface area contributed by atoms with E-state index in [-0.39, 0.29) is 6.17 Å². The number of anilines is 2. The molecule has 26 heavy (non-hydrogen) atoms. The monoisotopic (exact) mass is 345 g/mol. The molecule has 0 amide bonds. The Balaban J connectivity index is 1.73. The first-order chi connectivity index (χ1) is 13.0. The van der Waals surface area contributed by atoms with Crippen LogP contribution in [0.5, 0.6) is 0 Å². The van der Waals surface area contributed by atoms with Crippen LogP contribution >= 0.6 is 0 Å². The van der Waals surface area contributed by atoms with Gasteiger partial charge in [0.2, 0.25) is 0 Å². The van der Waals surface area contributed by atoms with Crippen molar-refractivity contribution in [2.75, 3.05) is 9.80 Å². The molecule has 2 aromatic rings. The molecule has 0 saturated heterocycles. The Kier molecular flexibility index (Phi) is 3.38. The van der Waals surface area contributed by atoms with Crippen LogP contribution in [0.2, 0.25) is 0 Å².